The molecule has 0 radical (unpaired) electrons. The van der Waals surface area contributed by atoms with Gasteiger partial charge in [-0.2, -0.15) is 4.98 Å². The molecular formula is C16H17BrN2O2. The van der Waals surface area contributed by atoms with Gasteiger partial charge in [-0.15, -0.1) is 0 Å². The molecule has 0 saturated carbocycles. The smallest absolute Gasteiger partial charge is 0.256 e. The molecule has 0 fully saturated rings. The molecule has 1 aliphatic rings. The van der Waals surface area contributed by atoms with E-state index in [2.05, 4.69) is 52.1 Å². The van der Waals surface area contributed by atoms with Crippen molar-refractivity contribution in [2.45, 2.75) is 31.8 Å². The summed E-state index contributed by atoms with van der Waals surface area (Å²) in [6.45, 7) is 4.77. The Bertz CT molecular complexity index is 664. The first-order valence-corrected chi connectivity index (χ1v) is 7.74. The van der Waals surface area contributed by atoms with Crippen molar-refractivity contribution in [3.8, 4) is 0 Å². The van der Waals surface area contributed by atoms with Gasteiger partial charge in [0.05, 0.1) is 12.0 Å². The third-order valence-electron chi connectivity index (χ3n) is 3.73. The van der Waals surface area contributed by atoms with Crippen LogP contribution in [0.15, 0.2) is 45.4 Å². The zero-order chi connectivity index (χ0) is 14.9. The van der Waals surface area contributed by atoms with Crippen LogP contribution in [0.5, 0.6) is 0 Å². The highest BCUT2D eigenvalue weighted by molar-refractivity contribution is 9.10. The molecule has 5 heteroatoms. The summed E-state index contributed by atoms with van der Waals surface area (Å²) in [7, 11) is 0. The van der Waals surface area contributed by atoms with Crippen molar-refractivity contribution in [3.63, 3.8) is 0 Å². The summed E-state index contributed by atoms with van der Waals surface area (Å²) in [6.07, 6.45) is 4.72. The van der Waals surface area contributed by atoms with E-state index in [-0.39, 0.29) is 11.5 Å². The Labute approximate surface area is 132 Å². The van der Waals surface area contributed by atoms with Crippen LogP contribution in [0.2, 0.25) is 0 Å². The Morgan fingerprint density at radius 3 is 2.76 bits per heavy atom. The summed E-state index contributed by atoms with van der Waals surface area (Å²) in [5, 5.41) is 4.17. The lowest BCUT2D eigenvalue weighted by Crippen LogP contribution is -2.21. The molecule has 1 unspecified atom stereocenters. The van der Waals surface area contributed by atoms with Gasteiger partial charge in [-0.1, -0.05) is 51.4 Å². The summed E-state index contributed by atoms with van der Waals surface area (Å²) in [6, 6.07) is 8.10. The summed E-state index contributed by atoms with van der Waals surface area (Å²) in [4.78, 5) is 4.57. The maximum atomic E-state index is 5.63. The predicted octanol–water partition coefficient (Wildman–Crippen LogP) is 4.18. The Balaban J connectivity index is 1.91. The number of hydrogen-bond acceptors (Lipinski definition) is 4. The number of hydrogen-bond donors (Lipinski definition) is 0. The second-order valence-corrected chi connectivity index (χ2v) is 6.44. The van der Waals surface area contributed by atoms with Crippen LogP contribution in [-0.4, -0.2) is 16.7 Å². The van der Waals surface area contributed by atoms with E-state index < -0.39 is 0 Å². The van der Waals surface area contributed by atoms with Gasteiger partial charge in [0.25, 0.3) is 5.89 Å². The van der Waals surface area contributed by atoms with Crippen molar-refractivity contribution in [1.82, 2.24) is 10.1 Å². The molecule has 0 aliphatic carbocycles. The fourth-order valence-electron chi connectivity index (χ4n) is 2.41. The number of benzene rings is 1. The van der Waals surface area contributed by atoms with Gasteiger partial charge in [0, 0.05) is 10.9 Å². The number of rotatable bonds is 3. The van der Waals surface area contributed by atoms with E-state index in [1.807, 2.05) is 24.3 Å². The van der Waals surface area contributed by atoms with Crippen molar-refractivity contribution in [2.75, 3.05) is 6.61 Å². The van der Waals surface area contributed by atoms with Crippen molar-refractivity contribution in [2.24, 2.45) is 0 Å². The molecule has 0 amide bonds. The quantitative estimate of drug-likeness (QED) is 0.780. The van der Waals surface area contributed by atoms with Gasteiger partial charge in [0.15, 0.2) is 5.82 Å². The average Bonchev–Trinajstić information content (AvgIpc) is 2.99. The lowest BCUT2D eigenvalue weighted by Gasteiger charge is -2.22. The molecule has 0 N–H and O–H groups in total. The van der Waals surface area contributed by atoms with Gasteiger partial charge in [-0.3, -0.25) is 0 Å². The second-order valence-electron chi connectivity index (χ2n) is 5.59. The molecule has 21 heavy (non-hydrogen) atoms. The summed E-state index contributed by atoms with van der Waals surface area (Å²) >= 11 is 3.59. The van der Waals surface area contributed by atoms with E-state index in [1.165, 1.54) is 0 Å². The lowest BCUT2D eigenvalue weighted by atomic mass is 9.84. The summed E-state index contributed by atoms with van der Waals surface area (Å²) < 4.78 is 12.1. The first-order valence-electron chi connectivity index (χ1n) is 6.94. The molecule has 3 rings (SSSR count). The number of nitrogens with zero attached hydrogens (tertiary/aromatic N) is 2. The third-order valence-corrected chi connectivity index (χ3v) is 4.43. The first-order chi connectivity index (χ1) is 10.1. The Kier molecular flexibility index (Phi) is 3.95. The molecule has 110 valence electrons. The van der Waals surface area contributed by atoms with Crippen LogP contribution in [-0.2, 0) is 10.2 Å². The minimum atomic E-state index is -0.341. The van der Waals surface area contributed by atoms with Crippen LogP contribution >= 0.6 is 15.9 Å². The van der Waals surface area contributed by atoms with Crippen molar-refractivity contribution >= 4 is 15.9 Å². The fraction of sp³-hybridized carbons (Fsp3) is 0.375. The predicted molar refractivity (Wildman–Crippen MR) is 83.0 cm³/mol. The van der Waals surface area contributed by atoms with Crippen LogP contribution in [0.1, 0.15) is 43.7 Å². The molecule has 1 atom stereocenters. The second kappa shape index (κ2) is 5.73. The lowest BCUT2D eigenvalue weighted by molar-refractivity contribution is 0.0429. The van der Waals surface area contributed by atoms with E-state index in [1.54, 1.807) is 0 Å². The molecular weight excluding hydrogens is 332 g/mol. The van der Waals surface area contributed by atoms with E-state index >= 15 is 0 Å². The molecule has 0 bridgehead atoms. The number of halogens is 1. The highest BCUT2D eigenvalue weighted by Gasteiger charge is 2.32. The first kappa shape index (κ1) is 14.5. The van der Waals surface area contributed by atoms with Crippen LogP contribution in [0, 0.1) is 0 Å². The molecule has 0 saturated heterocycles. The molecule has 2 heterocycles. The molecule has 2 aromatic rings. The maximum absolute atomic E-state index is 5.63. The Morgan fingerprint density at radius 2 is 2.05 bits per heavy atom. The zero-order valence-electron chi connectivity index (χ0n) is 12.0. The van der Waals surface area contributed by atoms with Gasteiger partial charge in [-0.25, -0.2) is 0 Å². The van der Waals surface area contributed by atoms with E-state index in [4.69, 9.17) is 9.26 Å². The standard InChI is InChI=1S/C16H17BrN2O2/c1-16(2,11-7-3-4-8-12(11)17)15-18-14(21-19-15)13-9-5-6-10-20-13/h3-8,13H,9-10H2,1-2H3. The monoisotopic (exact) mass is 348 g/mol. The topological polar surface area (TPSA) is 48.2 Å². The average molecular weight is 349 g/mol. The van der Waals surface area contributed by atoms with E-state index in [9.17, 15) is 0 Å². The largest absolute Gasteiger partial charge is 0.364 e. The van der Waals surface area contributed by atoms with Crippen molar-refractivity contribution in [3.05, 3.63) is 58.2 Å². The molecule has 1 aromatic heterocycles. The Morgan fingerprint density at radius 1 is 1.24 bits per heavy atom. The van der Waals surface area contributed by atoms with Gasteiger partial charge in [-0.05, 0) is 25.5 Å². The highest BCUT2D eigenvalue weighted by atomic mass is 79.9. The summed E-state index contributed by atoms with van der Waals surface area (Å²) in [5.74, 6) is 1.22. The third kappa shape index (κ3) is 2.80. The van der Waals surface area contributed by atoms with Crippen molar-refractivity contribution in [1.29, 1.82) is 0 Å². The molecule has 1 aromatic carbocycles. The number of aromatic nitrogens is 2. The van der Waals surface area contributed by atoms with E-state index in [0.29, 0.717) is 18.3 Å². The zero-order valence-corrected chi connectivity index (χ0v) is 13.6. The minimum absolute atomic E-state index is 0.133. The maximum Gasteiger partial charge on any atom is 0.256 e. The molecule has 4 nitrogen and oxygen atoms in total. The summed E-state index contributed by atoms with van der Waals surface area (Å²) in [5.41, 5.74) is 0.786. The molecule has 0 spiro atoms. The SMILES string of the molecule is CC(C)(c1noc(C2CC=CCO2)n1)c1ccccc1Br. The van der Waals surface area contributed by atoms with Gasteiger partial charge < -0.3 is 9.26 Å². The van der Waals surface area contributed by atoms with Crippen molar-refractivity contribution < 1.29 is 9.26 Å². The number of ether oxygens (including phenoxy) is 1. The molecule has 1 aliphatic heterocycles. The van der Waals surface area contributed by atoms with Gasteiger partial charge in [0.2, 0.25) is 0 Å². The highest BCUT2D eigenvalue weighted by Crippen LogP contribution is 2.35. The van der Waals surface area contributed by atoms with Crippen LogP contribution < -0.4 is 0 Å². The van der Waals surface area contributed by atoms with E-state index in [0.717, 1.165) is 16.5 Å². The van der Waals surface area contributed by atoms with Gasteiger partial charge >= 0.3 is 0 Å². The minimum Gasteiger partial charge on any atom is -0.364 e. The fourth-order valence-corrected chi connectivity index (χ4v) is 3.19. The van der Waals surface area contributed by atoms with Crippen LogP contribution in [0.25, 0.3) is 0 Å². The Hall–Kier alpha value is -1.46. The van der Waals surface area contributed by atoms with Crippen LogP contribution in [0.3, 0.4) is 0 Å². The normalized spacial score (nSPS) is 18.9. The van der Waals surface area contributed by atoms with Gasteiger partial charge in [0.1, 0.15) is 6.10 Å². The van der Waals surface area contributed by atoms with Crippen LogP contribution in [0.4, 0.5) is 0 Å².